The van der Waals surface area contributed by atoms with Gasteiger partial charge in [-0.3, -0.25) is 0 Å². The van der Waals surface area contributed by atoms with E-state index in [4.69, 9.17) is 5.11 Å². The van der Waals surface area contributed by atoms with Gasteiger partial charge in [0.25, 0.3) is 0 Å². The van der Waals surface area contributed by atoms with Crippen molar-refractivity contribution in [3.05, 3.63) is 12.2 Å². The van der Waals surface area contributed by atoms with Crippen LogP contribution in [0.25, 0.3) is 0 Å². The van der Waals surface area contributed by atoms with E-state index in [0.29, 0.717) is 6.61 Å². The molecule has 110 valence electrons. The predicted molar refractivity (Wildman–Crippen MR) is 82.0 cm³/mol. The smallest absolute Gasteiger partial charge is 0.0433 e. The van der Waals surface area contributed by atoms with Crippen molar-refractivity contribution in [2.24, 2.45) is 29.6 Å². The van der Waals surface area contributed by atoms with Gasteiger partial charge in [-0.2, -0.15) is 0 Å². The molecule has 19 heavy (non-hydrogen) atoms. The Morgan fingerprint density at radius 1 is 1.00 bits per heavy atom. The highest BCUT2D eigenvalue weighted by atomic mass is 16.3. The number of hydrogen-bond donors (Lipinski definition) is 1. The average molecular weight is 264 g/mol. The second kappa shape index (κ2) is 7.47. The molecule has 2 aliphatic carbocycles. The van der Waals surface area contributed by atoms with E-state index in [1.54, 1.807) is 0 Å². The van der Waals surface area contributed by atoms with E-state index < -0.39 is 0 Å². The third-order valence-electron chi connectivity index (χ3n) is 5.58. The SMILES string of the molecule is C[C@@H]1C=CC([C@H](C)CC2CCC(CCO)CC2)CC1. The van der Waals surface area contributed by atoms with Crippen LogP contribution in [0.5, 0.6) is 0 Å². The van der Waals surface area contributed by atoms with Crippen molar-refractivity contribution in [2.75, 3.05) is 6.61 Å². The molecule has 0 saturated heterocycles. The third-order valence-corrected chi connectivity index (χ3v) is 5.58. The van der Waals surface area contributed by atoms with Gasteiger partial charge in [0.15, 0.2) is 0 Å². The summed E-state index contributed by atoms with van der Waals surface area (Å²) in [4.78, 5) is 0. The van der Waals surface area contributed by atoms with Crippen LogP contribution >= 0.6 is 0 Å². The summed E-state index contributed by atoms with van der Waals surface area (Å²) >= 11 is 0. The molecule has 0 spiro atoms. The summed E-state index contributed by atoms with van der Waals surface area (Å²) in [5.74, 6) is 4.27. The highest BCUT2D eigenvalue weighted by Crippen LogP contribution is 2.37. The number of aliphatic hydroxyl groups excluding tert-OH is 1. The molecule has 0 aromatic rings. The van der Waals surface area contributed by atoms with Gasteiger partial charge in [-0.05, 0) is 55.3 Å². The molecule has 0 aromatic heterocycles. The van der Waals surface area contributed by atoms with Crippen LogP contribution in [0.2, 0.25) is 0 Å². The molecule has 1 heteroatoms. The monoisotopic (exact) mass is 264 g/mol. The van der Waals surface area contributed by atoms with Crippen molar-refractivity contribution in [1.29, 1.82) is 0 Å². The fourth-order valence-corrected chi connectivity index (χ4v) is 4.09. The summed E-state index contributed by atoms with van der Waals surface area (Å²) in [5.41, 5.74) is 0. The Kier molecular flexibility index (Phi) is 5.94. The molecular weight excluding hydrogens is 232 g/mol. The molecule has 0 radical (unpaired) electrons. The van der Waals surface area contributed by atoms with Gasteiger partial charge in [0, 0.05) is 6.61 Å². The Hall–Kier alpha value is -0.300. The predicted octanol–water partition coefficient (Wildman–Crippen LogP) is 4.80. The van der Waals surface area contributed by atoms with Crippen LogP contribution in [-0.2, 0) is 0 Å². The zero-order chi connectivity index (χ0) is 13.7. The van der Waals surface area contributed by atoms with E-state index in [0.717, 1.165) is 36.0 Å². The van der Waals surface area contributed by atoms with Crippen molar-refractivity contribution >= 4 is 0 Å². The van der Waals surface area contributed by atoms with Gasteiger partial charge >= 0.3 is 0 Å². The summed E-state index contributed by atoms with van der Waals surface area (Å²) < 4.78 is 0. The van der Waals surface area contributed by atoms with Crippen molar-refractivity contribution in [3.63, 3.8) is 0 Å². The van der Waals surface area contributed by atoms with Crippen LogP contribution < -0.4 is 0 Å². The highest BCUT2D eigenvalue weighted by Gasteiger charge is 2.25. The Balaban J connectivity index is 1.71. The first-order valence-electron chi connectivity index (χ1n) is 8.48. The molecule has 0 heterocycles. The van der Waals surface area contributed by atoms with Gasteiger partial charge in [0.2, 0.25) is 0 Å². The fourth-order valence-electron chi connectivity index (χ4n) is 4.09. The molecule has 0 amide bonds. The average Bonchev–Trinajstić information content (AvgIpc) is 2.42. The largest absolute Gasteiger partial charge is 0.396 e. The molecule has 1 nitrogen and oxygen atoms in total. The Bertz CT molecular complexity index is 275. The minimum absolute atomic E-state index is 0.386. The first-order chi connectivity index (χ1) is 9.19. The molecular formula is C18H32O. The lowest BCUT2D eigenvalue weighted by Crippen LogP contribution is -2.21. The first-order valence-corrected chi connectivity index (χ1v) is 8.48. The summed E-state index contributed by atoms with van der Waals surface area (Å²) in [7, 11) is 0. The zero-order valence-corrected chi connectivity index (χ0v) is 12.9. The van der Waals surface area contributed by atoms with Crippen LogP contribution in [0.4, 0.5) is 0 Å². The van der Waals surface area contributed by atoms with Crippen LogP contribution in [0.3, 0.4) is 0 Å². The molecule has 1 unspecified atom stereocenters. The molecule has 3 atom stereocenters. The van der Waals surface area contributed by atoms with Crippen molar-refractivity contribution in [2.45, 2.75) is 65.2 Å². The topological polar surface area (TPSA) is 20.2 Å². The minimum Gasteiger partial charge on any atom is -0.396 e. The van der Waals surface area contributed by atoms with Gasteiger partial charge in [-0.25, -0.2) is 0 Å². The van der Waals surface area contributed by atoms with Crippen LogP contribution in [0, 0.1) is 29.6 Å². The van der Waals surface area contributed by atoms with E-state index in [-0.39, 0.29) is 0 Å². The molecule has 2 rings (SSSR count). The maximum atomic E-state index is 9.01. The number of aliphatic hydroxyl groups is 1. The minimum atomic E-state index is 0.386. The van der Waals surface area contributed by atoms with Gasteiger partial charge in [-0.15, -0.1) is 0 Å². The normalized spacial score (nSPS) is 37.2. The second-order valence-corrected chi connectivity index (χ2v) is 7.22. The Morgan fingerprint density at radius 2 is 1.68 bits per heavy atom. The van der Waals surface area contributed by atoms with Gasteiger partial charge in [-0.1, -0.05) is 51.7 Å². The third kappa shape index (κ3) is 4.63. The van der Waals surface area contributed by atoms with Gasteiger partial charge in [0.05, 0.1) is 0 Å². The van der Waals surface area contributed by atoms with E-state index >= 15 is 0 Å². The summed E-state index contributed by atoms with van der Waals surface area (Å²) in [5, 5.41) is 9.01. The van der Waals surface area contributed by atoms with Gasteiger partial charge in [0.1, 0.15) is 0 Å². The first kappa shape index (κ1) is 15.1. The molecule has 1 fully saturated rings. The van der Waals surface area contributed by atoms with E-state index in [1.165, 1.54) is 44.9 Å². The van der Waals surface area contributed by atoms with Crippen LogP contribution in [0.15, 0.2) is 12.2 Å². The Morgan fingerprint density at radius 3 is 2.26 bits per heavy atom. The van der Waals surface area contributed by atoms with E-state index in [1.807, 2.05) is 0 Å². The maximum absolute atomic E-state index is 9.01. The van der Waals surface area contributed by atoms with Gasteiger partial charge < -0.3 is 5.11 Å². The lowest BCUT2D eigenvalue weighted by molar-refractivity contribution is 0.183. The Labute approximate surface area is 119 Å². The number of rotatable bonds is 5. The van der Waals surface area contributed by atoms with Crippen molar-refractivity contribution in [1.82, 2.24) is 0 Å². The molecule has 2 aliphatic rings. The quantitative estimate of drug-likeness (QED) is 0.707. The maximum Gasteiger partial charge on any atom is 0.0433 e. The molecule has 0 aromatic carbocycles. The summed E-state index contributed by atoms with van der Waals surface area (Å²) in [6.45, 7) is 5.18. The molecule has 1 N–H and O–H groups in total. The summed E-state index contributed by atoms with van der Waals surface area (Å²) in [6, 6.07) is 0. The lowest BCUT2D eigenvalue weighted by Gasteiger charge is -2.33. The van der Waals surface area contributed by atoms with Crippen molar-refractivity contribution in [3.8, 4) is 0 Å². The standard InChI is InChI=1S/C18H32O/c1-14-3-9-18(10-4-14)15(2)13-17-7-5-16(6-8-17)11-12-19/h3,9,14-19H,4-8,10-13H2,1-2H3/t14-,15-,16?,17?,18?/m1/s1. The number of hydrogen-bond acceptors (Lipinski definition) is 1. The second-order valence-electron chi connectivity index (χ2n) is 7.22. The highest BCUT2D eigenvalue weighted by molar-refractivity contribution is 4.98. The van der Waals surface area contributed by atoms with E-state index in [9.17, 15) is 0 Å². The molecule has 0 aliphatic heterocycles. The molecule has 0 bridgehead atoms. The zero-order valence-electron chi connectivity index (χ0n) is 12.9. The lowest BCUT2D eigenvalue weighted by atomic mass is 9.73. The van der Waals surface area contributed by atoms with Crippen molar-refractivity contribution < 1.29 is 5.11 Å². The van der Waals surface area contributed by atoms with Crippen LogP contribution in [0.1, 0.15) is 65.2 Å². The molecule has 1 saturated carbocycles. The van der Waals surface area contributed by atoms with Crippen LogP contribution in [-0.4, -0.2) is 11.7 Å². The summed E-state index contributed by atoms with van der Waals surface area (Å²) in [6.07, 6.45) is 15.7. The number of allylic oxidation sites excluding steroid dienone is 2. The fraction of sp³-hybridized carbons (Fsp3) is 0.889. The van der Waals surface area contributed by atoms with E-state index in [2.05, 4.69) is 26.0 Å².